The smallest absolute Gasteiger partial charge is 0.236 e. The summed E-state index contributed by atoms with van der Waals surface area (Å²) in [5, 5.41) is 3.29. The monoisotopic (exact) mass is 476 g/mol. The summed E-state index contributed by atoms with van der Waals surface area (Å²) in [5.41, 5.74) is 6.72. The molecule has 0 radical (unpaired) electrons. The number of likely N-dealkylation sites (N-methyl/N-ethyl adjacent to an activating group) is 1. The first-order chi connectivity index (χ1) is 16.1. The molecule has 2 saturated heterocycles. The van der Waals surface area contributed by atoms with Crippen LogP contribution < -0.4 is 20.7 Å². The summed E-state index contributed by atoms with van der Waals surface area (Å²) < 4.78 is 19.7. The lowest BCUT2D eigenvalue weighted by Gasteiger charge is -2.31. The molecule has 3 N–H and O–H groups in total. The Morgan fingerprint density at radius 2 is 2.06 bits per heavy atom. The molecule has 0 aliphatic carbocycles. The molecule has 9 nitrogen and oxygen atoms in total. The molecule has 11 heteroatoms. The third-order valence-electron chi connectivity index (χ3n) is 6.19. The molecular formula is C22H33FN8OS. The van der Waals surface area contributed by atoms with E-state index in [2.05, 4.69) is 37.0 Å². The zero-order valence-corrected chi connectivity index (χ0v) is 20.2. The zero-order valence-electron chi connectivity index (χ0n) is 19.3. The fourth-order valence-corrected chi connectivity index (χ4v) is 5.36. The molecule has 4 rings (SSSR count). The number of methoxy groups -OCH3 is 1. The van der Waals surface area contributed by atoms with Crippen LogP contribution in [-0.4, -0.2) is 88.8 Å². The minimum Gasteiger partial charge on any atom is -0.494 e. The molecule has 1 aromatic carbocycles. The number of likely N-dealkylation sites (tertiary alicyclic amines) is 1. The van der Waals surface area contributed by atoms with E-state index in [4.69, 9.17) is 10.5 Å². The standard InChI is InChI=1S/C22H33FN8OS/c1-3-30-8-4-5-17(30)14-31(16-6-7-19(32-2)18(23)13-16)22-27-20(24)26-21(28-22)25-15-29-9-11-33-12-10-29/h6-7,13,17H,3-5,8-12,14-15H2,1-2H3,(H3,24,25,26,27,28). The van der Waals surface area contributed by atoms with Crippen LogP contribution in [0.4, 0.5) is 27.9 Å². The van der Waals surface area contributed by atoms with Gasteiger partial charge in [-0.3, -0.25) is 9.80 Å². The van der Waals surface area contributed by atoms with E-state index in [1.165, 1.54) is 13.2 Å². The van der Waals surface area contributed by atoms with Crippen LogP contribution in [0.3, 0.4) is 0 Å². The van der Waals surface area contributed by atoms with Gasteiger partial charge in [-0.05, 0) is 38.1 Å². The van der Waals surface area contributed by atoms with Gasteiger partial charge in [-0.15, -0.1) is 0 Å². The van der Waals surface area contributed by atoms with Gasteiger partial charge in [0.25, 0.3) is 0 Å². The van der Waals surface area contributed by atoms with Gasteiger partial charge in [0.2, 0.25) is 17.8 Å². The highest BCUT2D eigenvalue weighted by Crippen LogP contribution is 2.30. The van der Waals surface area contributed by atoms with Crippen molar-refractivity contribution < 1.29 is 9.13 Å². The molecule has 1 aromatic heterocycles. The maximum absolute atomic E-state index is 14.6. The molecule has 0 saturated carbocycles. The van der Waals surface area contributed by atoms with Crippen molar-refractivity contribution in [3.8, 4) is 5.75 Å². The van der Waals surface area contributed by atoms with Crippen molar-refractivity contribution >= 4 is 35.3 Å². The lowest BCUT2D eigenvalue weighted by atomic mass is 10.2. The molecular weight excluding hydrogens is 443 g/mol. The Morgan fingerprint density at radius 1 is 1.24 bits per heavy atom. The van der Waals surface area contributed by atoms with Gasteiger partial charge in [0.15, 0.2) is 11.6 Å². The number of thioether (sulfide) groups is 1. The van der Waals surface area contributed by atoms with Crippen molar-refractivity contribution in [1.29, 1.82) is 0 Å². The Bertz CT molecular complexity index is 929. The molecule has 2 aliphatic rings. The van der Waals surface area contributed by atoms with Gasteiger partial charge in [-0.25, -0.2) is 4.39 Å². The number of anilines is 4. The highest BCUT2D eigenvalue weighted by Gasteiger charge is 2.28. The maximum atomic E-state index is 14.6. The third-order valence-corrected chi connectivity index (χ3v) is 7.13. The van der Waals surface area contributed by atoms with E-state index in [9.17, 15) is 4.39 Å². The quantitative estimate of drug-likeness (QED) is 0.562. The molecule has 33 heavy (non-hydrogen) atoms. The van der Waals surface area contributed by atoms with Crippen LogP contribution in [-0.2, 0) is 0 Å². The Balaban J connectivity index is 1.61. The number of nitrogens with two attached hydrogens (primary N) is 1. The van der Waals surface area contributed by atoms with Crippen molar-refractivity contribution in [3.63, 3.8) is 0 Å². The predicted octanol–water partition coefficient (Wildman–Crippen LogP) is 2.64. The fourth-order valence-electron chi connectivity index (χ4n) is 4.38. The summed E-state index contributed by atoms with van der Waals surface area (Å²) in [6.45, 7) is 7.52. The average molecular weight is 477 g/mol. The van der Waals surface area contributed by atoms with E-state index >= 15 is 0 Å². The minimum atomic E-state index is -0.429. The average Bonchev–Trinajstić information content (AvgIpc) is 3.29. The van der Waals surface area contributed by atoms with Crippen molar-refractivity contribution in [2.24, 2.45) is 0 Å². The van der Waals surface area contributed by atoms with Crippen molar-refractivity contribution in [2.75, 3.05) is 74.0 Å². The summed E-state index contributed by atoms with van der Waals surface area (Å²) in [6, 6.07) is 5.23. The van der Waals surface area contributed by atoms with Crippen LogP contribution in [0.5, 0.6) is 5.75 Å². The third kappa shape index (κ3) is 5.96. The first kappa shape index (κ1) is 23.8. The predicted molar refractivity (Wildman–Crippen MR) is 132 cm³/mol. The van der Waals surface area contributed by atoms with Gasteiger partial charge in [0, 0.05) is 48.9 Å². The van der Waals surface area contributed by atoms with Crippen LogP contribution >= 0.6 is 11.8 Å². The number of nitrogens with zero attached hydrogens (tertiary/aromatic N) is 6. The second-order valence-corrected chi connectivity index (χ2v) is 9.46. The first-order valence-electron chi connectivity index (χ1n) is 11.5. The topological polar surface area (TPSA) is 95.7 Å². The van der Waals surface area contributed by atoms with E-state index in [0.717, 1.165) is 50.5 Å². The highest BCUT2D eigenvalue weighted by atomic mass is 32.2. The van der Waals surface area contributed by atoms with Gasteiger partial charge in [-0.1, -0.05) is 6.92 Å². The first-order valence-corrected chi connectivity index (χ1v) is 12.6. The molecule has 1 atom stereocenters. The second-order valence-electron chi connectivity index (χ2n) is 8.24. The number of halogens is 1. The van der Waals surface area contributed by atoms with E-state index < -0.39 is 5.82 Å². The minimum absolute atomic E-state index is 0.134. The lowest BCUT2D eigenvalue weighted by molar-refractivity contribution is 0.271. The van der Waals surface area contributed by atoms with E-state index in [0.29, 0.717) is 36.8 Å². The summed E-state index contributed by atoms with van der Waals surface area (Å²) in [5.74, 6) is 2.99. The molecule has 2 aromatic rings. The Hall–Kier alpha value is -2.37. The van der Waals surface area contributed by atoms with Crippen LogP contribution in [0.25, 0.3) is 0 Å². The van der Waals surface area contributed by atoms with Gasteiger partial charge in [0.05, 0.1) is 13.8 Å². The zero-order chi connectivity index (χ0) is 23.2. The van der Waals surface area contributed by atoms with Crippen molar-refractivity contribution in [1.82, 2.24) is 24.8 Å². The summed E-state index contributed by atoms with van der Waals surface area (Å²) in [4.78, 5) is 20.1. The SMILES string of the molecule is CCN1CCCC1CN(c1ccc(OC)c(F)c1)c1nc(N)nc(NCN2CCSCC2)n1. The molecule has 2 aliphatic heterocycles. The number of hydrogen-bond donors (Lipinski definition) is 2. The number of nitrogens with one attached hydrogen (secondary N) is 1. The maximum Gasteiger partial charge on any atom is 0.236 e. The number of benzene rings is 1. The Labute approximate surface area is 198 Å². The largest absolute Gasteiger partial charge is 0.494 e. The Kier molecular flexibility index (Phi) is 8.05. The molecule has 180 valence electrons. The van der Waals surface area contributed by atoms with Gasteiger partial charge in [-0.2, -0.15) is 26.7 Å². The molecule has 0 bridgehead atoms. The fraction of sp³-hybridized carbons (Fsp3) is 0.591. The lowest BCUT2D eigenvalue weighted by Crippen LogP contribution is -2.39. The van der Waals surface area contributed by atoms with Gasteiger partial charge >= 0.3 is 0 Å². The Morgan fingerprint density at radius 3 is 2.79 bits per heavy atom. The number of rotatable bonds is 9. The van der Waals surface area contributed by atoms with E-state index in [-0.39, 0.29) is 11.7 Å². The molecule has 1 unspecified atom stereocenters. The van der Waals surface area contributed by atoms with Gasteiger partial charge < -0.3 is 20.7 Å². The highest BCUT2D eigenvalue weighted by molar-refractivity contribution is 7.99. The van der Waals surface area contributed by atoms with Crippen molar-refractivity contribution in [3.05, 3.63) is 24.0 Å². The van der Waals surface area contributed by atoms with Crippen LogP contribution in [0.1, 0.15) is 19.8 Å². The summed E-state index contributed by atoms with van der Waals surface area (Å²) in [6.07, 6.45) is 2.21. The summed E-state index contributed by atoms with van der Waals surface area (Å²) >= 11 is 1.97. The molecule has 0 amide bonds. The van der Waals surface area contributed by atoms with Crippen LogP contribution in [0.2, 0.25) is 0 Å². The van der Waals surface area contributed by atoms with Crippen molar-refractivity contribution in [2.45, 2.75) is 25.8 Å². The number of nitrogen functional groups attached to an aromatic ring is 1. The van der Waals surface area contributed by atoms with E-state index in [1.54, 1.807) is 6.07 Å². The number of aromatic nitrogens is 3. The molecule has 0 spiro atoms. The number of ether oxygens (including phenoxy) is 1. The molecule has 2 fully saturated rings. The normalized spacial score (nSPS) is 19.5. The van der Waals surface area contributed by atoms with Gasteiger partial charge in [0.1, 0.15) is 0 Å². The van der Waals surface area contributed by atoms with Crippen LogP contribution in [0, 0.1) is 5.82 Å². The summed E-state index contributed by atoms with van der Waals surface area (Å²) in [7, 11) is 1.46. The van der Waals surface area contributed by atoms with E-state index in [1.807, 2.05) is 22.7 Å². The second kappa shape index (κ2) is 11.2. The van der Waals surface area contributed by atoms with Crippen LogP contribution in [0.15, 0.2) is 18.2 Å². The number of hydrogen-bond acceptors (Lipinski definition) is 10. The molecule has 3 heterocycles.